The Bertz CT molecular complexity index is 221. The summed E-state index contributed by atoms with van der Waals surface area (Å²) in [6, 6.07) is 0.921. The fourth-order valence-electron chi connectivity index (χ4n) is 2.94. The Labute approximate surface area is 99.7 Å². The van der Waals surface area contributed by atoms with Gasteiger partial charge in [-0.2, -0.15) is 0 Å². The molecule has 0 aromatic heterocycles. The molecule has 0 aromatic carbocycles. The van der Waals surface area contributed by atoms with Crippen LogP contribution in [0.25, 0.3) is 0 Å². The monoisotopic (exact) mass is 247 g/mol. The lowest BCUT2D eigenvalue weighted by Crippen LogP contribution is -2.73. The number of ether oxygens (including phenoxy) is 1. The van der Waals surface area contributed by atoms with Crippen LogP contribution in [0.1, 0.15) is 32.6 Å². The molecule has 1 fully saturated rings. The largest absolute Gasteiger partial charge is 0.395 e. The first-order valence-corrected chi connectivity index (χ1v) is 8.07. The maximum absolute atomic E-state index is 6.48. The molecule has 0 saturated carbocycles. The Kier molecular flexibility index (Phi) is 4.94. The number of hydrogen-bond acceptors (Lipinski definition) is 4. The Balaban J connectivity index is 2.99. The minimum atomic E-state index is -2.43. The number of nitrogens with two attached hydrogens (primary N) is 1. The third kappa shape index (κ3) is 2.07. The molecule has 0 spiro atoms. The van der Waals surface area contributed by atoms with E-state index in [4.69, 9.17) is 19.3 Å². The van der Waals surface area contributed by atoms with Crippen molar-refractivity contribution in [2.24, 2.45) is 11.7 Å². The van der Waals surface area contributed by atoms with Gasteiger partial charge in [-0.05, 0) is 18.9 Å². The van der Waals surface area contributed by atoms with Gasteiger partial charge in [-0.25, -0.2) is 0 Å². The molecule has 0 bridgehead atoms. The van der Waals surface area contributed by atoms with Gasteiger partial charge >= 0.3 is 8.56 Å². The van der Waals surface area contributed by atoms with Crippen molar-refractivity contribution >= 4 is 8.56 Å². The molecule has 2 unspecified atom stereocenters. The summed E-state index contributed by atoms with van der Waals surface area (Å²) in [4.78, 5) is 0. The van der Waals surface area contributed by atoms with Crippen LogP contribution >= 0.6 is 0 Å². The highest BCUT2D eigenvalue weighted by Gasteiger charge is 2.61. The minimum Gasteiger partial charge on any atom is -0.395 e. The van der Waals surface area contributed by atoms with Crippen molar-refractivity contribution in [1.82, 2.24) is 0 Å². The van der Waals surface area contributed by atoms with Crippen LogP contribution in [-0.2, 0) is 13.6 Å². The Hall–Kier alpha value is 0.0569. The van der Waals surface area contributed by atoms with Crippen LogP contribution in [0.2, 0.25) is 6.04 Å². The first-order valence-electron chi connectivity index (χ1n) is 6.04. The number of hydrogen-bond donors (Lipinski definition) is 1. The molecule has 5 heteroatoms. The maximum atomic E-state index is 6.48. The predicted octanol–water partition coefficient (Wildman–Crippen LogP) is 1.77. The van der Waals surface area contributed by atoms with E-state index in [1.54, 1.807) is 21.3 Å². The van der Waals surface area contributed by atoms with E-state index in [0.717, 1.165) is 31.7 Å². The highest BCUT2D eigenvalue weighted by atomic mass is 28.4. The van der Waals surface area contributed by atoms with E-state index in [9.17, 15) is 0 Å². The van der Waals surface area contributed by atoms with Crippen molar-refractivity contribution < 1.29 is 13.6 Å². The van der Waals surface area contributed by atoms with Crippen molar-refractivity contribution in [3.63, 3.8) is 0 Å². The standard InChI is InChI=1S/C11H25NO3Si/c1-5-7-10-8-6-9-16(14-3,15-4)11(10,12)13-2/h10H,5-9,12H2,1-4H3. The molecule has 1 aliphatic heterocycles. The molecular weight excluding hydrogens is 222 g/mol. The van der Waals surface area contributed by atoms with Crippen LogP contribution in [0.15, 0.2) is 0 Å². The third-order valence-electron chi connectivity index (χ3n) is 3.89. The van der Waals surface area contributed by atoms with Gasteiger partial charge < -0.3 is 19.3 Å². The SMILES string of the molecule is CCCC1CCC[Si](OC)(OC)C1(N)OC. The highest BCUT2D eigenvalue weighted by molar-refractivity contribution is 6.70. The molecule has 1 rings (SSSR count). The van der Waals surface area contributed by atoms with E-state index in [1.165, 1.54) is 0 Å². The van der Waals surface area contributed by atoms with Crippen LogP contribution in [-0.4, -0.2) is 35.2 Å². The molecule has 2 atom stereocenters. The average molecular weight is 247 g/mol. The summed E-state index contributed by atoms with van der Waals surface area (Å²) >= 11 is 0. The van der Waals surface area contributed by atoms with E-state index in [-0.39, 0.29) is 0 Å². The lowest BCUT2D eigenvalue weighted by molar-refractivity contribution is -0.0462. The molecule has 0 aliphatic carbocycles. The fraction of sp³-hybridized carbons (Fsp3) is 1.00. The Morgan fingerprint density at radius 2 is 1.94 bits per heavy atom. The van der Waals surface area contributed by atoms with Crippen molar-refractivity contribution in [2.45, 2.75) is 44.0 Å². The van der Waals surface area contributed by atoms with Gasteiger partial charge in [-0.3, -0.25) is 0 Å². The van der Waals surface area contributed by atoms with Crippen LogP contribution in [0, 0.1) is 5.92 Å². The zero-order valence-corrected chi connectivity index (χ0v) is 11.9. The molecule has 1 heterocycles. The van der Waals surface area contributed by atoms with Crippen molar-refractivity contribution in [2.75, 3.05) is 21.3 Å². The molecule has 0 aromatic rings. The van der Waals surface area contributed by atoms with Gasteiger partial charge in [0.2, 0.25) is 0 Å². The van der Waals surface area contributed by atoms with Gasteiger partial charge in [0.25, 0.3) is 0 Å². The van der Waals surface area contributed by atoms with Crippen LogP contribution in [0.3, 0.4) is 0 Å². The lowest BCUT2D eigenvalue weighted by Gasteiger charge is -2.49. The summed E-state index contributed by atoms with van der Waals surface area (Å²) < 4.78 is 17.0. The van der Waals surface area contributed by atoms with Crippen molar-refractivity contribution in [1.29, 1.82) is 0 Å². The molecule has 1 saturated heterocycles. The normalized spacial score (nSPS) is 33.9. The number of methoxy groups -OCH3 is 1. The smallest absolute Gasteiger partial charge is 0.386 e. The molecule has 1 aliphatic rings. The first-order chi connectivity index (χ1) is 7.60. The molecule has 16 heavy (non-hydrogen) atoms. The summed E-state index contributed by atoms with van der Waals surface area (Å²) in [7, 11) is 2.64. The minimum absolute atomic E-state index is 0.350. The summed E-state index contributed by atoms with van der Waals surface area (Å²) in [5.74, 6) is 0.350. The van der Waals surface area contributed by atoms with Crippen molar-refractivity contribution in [3.8, 4) is 0 Å². The molecule has 0 radical (unpaired) electrons. The molecule has 0 amide bonds. The van der Waals surface area contributed by atoms with E-state index in [2.05, 4.69) is 6.92 Å². The van der Waals surface area contributed by atoms with E-state index >= 15 is 0 Å². The second-order valence-electron chi connectivity index (χ2n) is 4.54. The zero-order valence-electron chi connectivity index (χ0n) is 10.9. The zero-order chi connectivity index (χ0) is 12.2. The van der Waals surface area contributed by atoms with Gasteiger partial charge in [-0.1, -0.05) is 19.8 Å². The van der Waals surface area contributed by atoms with Gasteiger partial charge in [-0.15, -0.1) is 0 Å². The van der Waals surface area contributed by atoms with E-state index in [0.29, 0.717) is 5.92 Å². The number of rotatable bonds is 5. The Morgan fingerprint density at radius 1 is 1.31 bits per heavy atom. The third-order valence-corrected chi connectivity index (χ3v) is 8.03. The van der Waals surface area contributed by atoms with Crippen LogP contribution < -0.4 is 5.73 Å². The van der Waals surface area contributed by atoms with Crippen LogP contribution in [0.5, 0.6) is 0 Å². The van der Waals surface area contributed by atoms with Crippen molar-refractivity contribution in [3.05, 3.63) is 0 Å². The Morgan fingerprint density at radius 3 is 2.38 bits per heavy atom. The molecular formula is C11H25NO3Si. The fourth-order valence-corrected chi connectivity index (χ4v) is 6.43. The quantitative estimate of drug-likeness (QED) is 0.594. The highest BCUT2D eigenvalue weighted by Crippen LogP contribution is 2.42. The second-order valence-corrected chi connectivity index (χ2v) is 8.14. The summed E-state index contributed by atoms with van der Waals surface area (Å²) in [6.45, 7) is 2.17. The van der Waals surface area contributed by atoms with Crippen LogP contribution in [0.4, 0.5) is 0 Å². The lowest BCUT2D eigenvalue weighted by atomic mass is 9.95. The summed E-state index contributed by atoms with van der Waals surface area (Å²) in [5, 5.41) is -0.704. The summed E-state index contributed by atoms with van der Waals surface area (Å²) in [5.41, 5.74) is 6.48. The topological polar surface area (TPSA) is 53.7 Å². The van der Waals surface area contributed by atoms with Gasteiger partial charge in [0.15, 0.2) is 5.35 Å². The van der Waals surface area contributed by atoms with Gasteiger partial charge in [0.1, 0.15) is 0 Å². The molecule has 2 N–H and O–H groups in total. The first kappa shape index (κ1) is 14.1. The maximum Gasteiger partial charge on any atom is 0.386 e. The summed E-state index contributed by atoms with van der Waals surface area (Å²) in [6.07, 6.45) is 4.43. The molecule has 96 valence electrons. The van der Waals surface area contributed by atoms with E-state index in [1.807, 2.05) is 0 Å². The van der Waals surface area contributed by atoms with Gasteiger partial charge in [0.05, 0.1) is 0 Å². The van der Waals surface area contributed by atoms with E-state index < -0.39 is 13.9 Å². The average Bonchev–Trinajstić information content (AvgIpc) is 2.32. The predicted molar refractivity (Wildman–Crippen MR) is 66.1 cm³/mol. The van der Waals surface area contributed by atoms with Gasteiger partial charge in [0, 0.05) is 27.2 Å². The second kappa shape index (κ2) is 5.60. The molecule has 4 nitrogen and oxygen atoms in total.